The van der Waals surface area contributed by atoms with Gasteiger partial charge >= 0.3 is 0 Å². The van der Waals surface area contributed by atoms with Gasteiger partial charge in [-0.2, -0.15) is 0 Å². The molecule has 110 valence electrons. The minimum Gasteiger partial charge on any atom is -0.478 e. The Morgan fingerprint density at radius 3 is 2.86 bits per heavy atom. The number of rotatable bonds is 4. The Morgan fingerprint density at radius 1 is 1.43 bits per heavy atom. The Labute approximate surface area is 134 Å². The molecule has 0 aliphatic heterocycles. The van der Waals surface area contributed by atoms with Crippen molar-refractivity contribution in [3.8, 4) is 5.88 Å². The number of hydrogen-bond donors (Lipinski definition) is 1. The van der Waals surface area contributed by atoms with E-state index in [1.54, 1.807) is 6.07 Å². The second kappa shape index (κ2) is 6.87. The van der Waals surface area contributed by atoms with E-state index in [-0.39, 0.29) is 10.7 Å². The van der Waals surface area contributed by atoms with Crippen molar-refractivity contribution in [1.82, 2.24) is 4.98 Å². The van der Waals surface area contributed by atoms with Crippen LogP contribution < -0.4 is 10.1 Å². The van der Waals surface area contributed by atoms with Gasteiger partial charge < -0.3 is 10.1 Å². The zero-order chi connectivity index (χ0) is 15.4. The molecular formula is C14H11BrClFN2O2. The number of ether oxygens (including phenoxy) is 1. The third kappa shape index (κ3) is 3.92. The molecule has 0 bridgehead atoms. The van der Waals surface area contributed by atoms with Crippen LogP contribution in [-0.2, 0) is 0 Å². The van der Waals surface area contributed by atoms with E-state index in [4.69, 9.17) is 16.3 Å². The minimum atomic E-state index is -0.506. The first-order valence-corrected chi connectivity index (χ1v) is 7.24. The molecule has 1 aromatic heterocycles. The molecule has 1 N–H and O–H groups in total. The highest BCUT2D eigenvalue weighted by molar-refractivity contribution is 9.10. The summed E-state index contributed by atoms with van der Waals surface area (Å²) in [6.07, 6.45) is 0. The molecule has 0 saturated heterocycles. The molecule has 0 unspecified atom stereocenters. The second-order valence-electron chi connectivity index (χ2n) is 3.99. The van der Waals surface area contributed by atoms with Crippen LogP contribution in [0.25, 0.3) is 0 Å². The largest absolute Gasteiger partial charge is 0.478 e. The van der Waals surface area contributed by atoms with E-state index in [9.17, 15) is 9.18 Å². The molecule has 7 heteroatoms. The smallest absolute Gasteiger partial charge is 0.275 e. The first kappa shape index (κ1) is 15.7. The lowest BCUT2D eigenvalue weighted by atomic mass is 10.3. The number of halogens is 3. The van der Waals surface area contributed by atoms with Crippen LogP contribution in [0.4, 0.5) is 10.1 Å². The van der Waals surface area contributed by atoms with Crippen molar-refractivity contribution in [2.45, 2.75) is 6.92 Å². The molecular weight excluding hydrogens is 363 g/mol. The molecule has 0 aliphatic rings. The quantitative estimate of drug-likeness (QED) is 0.870. The van der Waals surface area contributed by atoms with Crippen molar-refractivity contribution in [3.05, 3.63) is 51.3 Å². The SMILES string of the molecule is CCOc1ccc(Cl)c(C(=O)Nc2ccc(F)cc2Br)n1. The van der Waals surface area contributed by atoms with Gasteiger partial charge in [0.15, 0.2) is 5.69 Å². The number of aromatic nitrogens is 1. The molecule has 2 rings (SSSR count). The normalized spacial score (nSPS) is 10.3. The summed E-state index contributed by atoms with van der Waals surface area (Å²) in [6, 6.07) is 7.05. The molecule has 0 spiro atoms. The van der Waals surface area contributed by atoms with E-state index in [2.05, 4.69) is 26.2 Å². The number of carbonyl (C=O) groups is 1. The van der Waals surface area contributed by atoms with Crippen LogP contribution in [-0.4, -0.2) is 17.5 Å². The van der Waals surface area contributed by atoms with Crippen LogP contribution in [0.2, 0.25) is 5.02 Å². The number of carbonyl (C=O) groups excluding carboxylic acids is 1. The fourth-order valence-corrected chi connectivity index (χ4v) is 2.23. The summed E-state index contributed by atoms with van der Waals surface area (Å²) in [5.74, 6) is -0.603. The third-order valence-electron chi connectivity index (χ3n) is 2.51. The van der Waals surface area contributed by atoms with Gasteiger partial charge in [-0.15, -0.1) is 0 Å². The van der Waals surface area contributed by atoms with Gasteiger partial charge in [-0.1, -0.05) is 11.6 Å². The number of benzene rings is 1. The van der Waals surface area contributed by atoms with Crippen LogP contribution in [0.3, 0.4) is 0 Å². The summed E-state index contributed by atoms with van der Waals surface area (Å²) in [4.78, 5) is 16.3. The van der Waals surface area contributed by atoms with Gasteiger partial charge in [0.2, 0.25) is 5.88 Å². The first-order valence-electron chi connectivity index (χ1n) is 6.07. The lowest BCUT2D eigenvalue weighted by Gasteiger charge is -2.09. The van der Waals surface area contributed by atoms with Gasteiger partial charge in [0.05, 0.1) is 17.3 Å². The molecule has 1 heterocycles. The number of nitrogens with zero attached hydrogens (tertiary/aromatic N) is 1. The maximum atomic E-state index is 13.0. The second-order valence-corrected chi connectivity index (χ2v) is 5.25. The Morgan fingerprint density at radius 2 is 2.19 bits per heavy atom. The lowest BCUT2D eigenvalue weighted by molar-refractivity contribution is 0.102. The fraction of sp³-hybridized carbons (Fsp3) is 0.143. The topological polar surface area (TPSA) is 51.2 Å². The summed E-state index contributed by atoms with van der Waals surface area (Å²) < 4.78 is 18.7. The number of hydrogen-bond acceptors (Lipinski definition) is 3. The van der Waals surface area contributed by atoms with E-state index < -0.39 is 11.7 Å². The van der Waals surface area contributed by atoms with Crippen LogP contribution in [0, 0.1) is 5.82 Å². The molecule has 1 amide bonds. The average molecular weight is 374 g/mol. The molecule has 21 heavy (non-hydrogen) atoms. The van der Waals surface area contributed by atoms with E-state index in [0.717, 1.165) is 0 Å². The number of amides is 1. The van der Waals surface area contributed by atoms with Gasteiger partial charge in [0.25, 0.3) is 5.91 Å². The van der Waals surface area contributed by atoms with Gasteiger partial charge in [-0.05, 0) is 47.1 Å². The van der Waals surface area contributed by atoms with Crippen LogP contribution in [0.15, 0.2) is 34.8 Å². The van der Waals surface area contributed by atoms with Crippen LogP contribution in [0.5, 0.6) is 5.88 Å². The van der Waals surface area contributed by atoms with E-state index in [1.165, 1.54) is 24.3 Å². The first-order chi connectivity index (χ1) is 10.0. The van der Waals surface area contributed by atoms with Gasteiger partial charge in [0, 0.05) is 10.5 Å². The molecule has 1 aromatic carbocycles. The number of anilines is 1. The van der Waals surface area contributed by atoms with Crippen molar-refractivity contribution in [2.24, 2.45) is 0 Å². The van der Waals surface area contributed by atoms with Gasteiger partial charge in [-0.3, -0.25) is 4.79 Å². The summed E-state index contributed by atoms with van der Waals surface area (Å²) in [6.45, 7) is 2.24. The summed E-state index contributed by atoms with van der Waals surface area (Å²) in [5.41, 5.74) is 0.458. The Balaban J connectivity index is 2.25. The minimum absolute atomic E-state index is 0.0406. The summed E-state index contributed by atoms with van der Waals surface area (Å²) in [7, 11) is 0. The molecule has 0 aliphatic carbocycles. The number of pyridine rings is 1. The summed E-state index contributed by atoms with van der Waals surface area (Å²) >= 11 is 9.15. The van der Waals surface area contributed by atoms with Crippen molar-refractivity contribution in [1.29, 1.82) is 0 Å². The van der Waals surface area contributed by atoms with E-state index in [0.29, 0.717) is 22.6 Å². The monoisotopic (exact) mass is 372 g/mol. The van der Waals surface area contributed by atoms with E-state index in [1.807, 2.05) is 6.92 Å². The highest BCUT2D eigenvalue weighted by Crippen LogP contribution is 2.25. The highest BCUT2D eigenvalue weighted by atomic mass is 79.9. The van der Waals surface area contributed by atoms with Gasteiger partial charge in [-0.25, -0.2) is 9.37 Å². The van der Waals surface area contributed by atoms with Crippen LogP contribution >= 0.6 is 27.5 Å². The van der Waals surface area contributed by atoms with Crippen LogP contribution in [0.1, 0.15) is 17.4 Å². The maximum Gasteiger partial charge on any atom is 0.275 e. The molecule has 0 atom stereocenters. The summed E-state index contributed by atoms with van der Waals surface area (Å²) in [5, 5.41) is 2.81. The molecule has 4 nitrogen and oxygen atoms in total. The van der Waals surface area contributed by atoms with Crippen molar-refractivity contribution in [2.75, 3.05) is 11.9 Å². The maximum absolute atomic E-state index is 13.0. The average Bonchev–Trinajstić information content (AvgIpc) is 2.44. The molecule has 0 saturated carbocycles. The molecule has 0 fully saturated rings. The van der Waals surface area contributed by atoms with E-state index >= 15 is 0 Å². The highest BCUT2D eigenvalue weighted by Gasteiger charge is 2.15. The predicted molar refractivity (Wildman–Crippen MR) is 82.5 cm³/mol. The standard InChI is InChI=1S/C14H11BrClFN2O2/c1-2-21-12-6-4-10(16)13(19-12)14(20)18-11-5-3-8(17)7-9(11)15/h3-7H,2H2,1H3,(H,18,20). The van der Waals surface area contributed by atoms with Crippen molar-refractivity contribution in [3.63, 3.8) is 0 Å². The Hall–Kier alpha value is -1.66. The Bertz CT molecular complexity index is 682. The zero-order valence-corrected chi connectivity index (χ0v) is 13.3. The Kier molecular flexibility index (Phi) is 5.14. The predicted octanol–water partition coefficient (Wildman–Crippen LogP) is 4.29. The molecule has 0 radical (unpaired) electrons. The number of nitrogens with one attached hydrogen (secondary N) is 1. The van der Waals surface area contributed by atoms with Crippen molar-refractivity contribution < 1.29 is 13.9 Å². The fourth-order valence-electron chi connectivity index (χ4n) is 1.58. The van der Waals surface area contributed by atoms with Gasteiger partial charge in [0.1, 0.15) is 5.82 Å². The molecule has 2 aromatic rings. The third-order valence-corrected chi connectivity index (χ3v) is 3.47. The lowest BCUT2D eigenvalue weighted by Crippen LogP contribution is -2.15. The van der Waals surface area contributed by atoms with Crippen molar-refractivity contribution >= 4 is 39.1 Å². The zero-order valence-electron chi connectivity index (χ0n) is 11.0.